The summed E-state index contributed by atoms with van der Waals surface area (Å²) in [7, 11) is 3.15. The van der Waals surface area contributed by atoms with E-state index < -0.39 is 0 Å². The first-order valence-electron chi connectivity index (χ1n) is 10.3. The number of piperazine rings is 1. The van der Waals surface area contributed by atoms with Crippen LogP contribution in [-0.2, 0) is 0 Å². The fraction of sp³-hybridized carbons (Fsp3) is 0.261. The van der Waals surface area contributed by atoms with Gasteiger partial charge in [-0.3, -0.25) is 4.79 Å². The number of nitrogen functional groups attached to an aromatic ring is 1. The van der Waals surface area contributed by atoms with Gasteiger partial charge in [0.25, 0.3) is 5.91 Å². The quantitative estimate of drug-likeness (QED) is 0.524. The highest BCUT2D eigenvalue weighted by atomic mass is 16.5. The molecule has 2 N–H and O–H groups in total. The molecule has 1 amide bonds. The van der Waals surface area contributed by atoms with Gasteiger partial charge >= 0.3 is 0 Å². The summed E-state index contributed by atoms with van der Waals surface area (Å²) in [6.45, 7) is 2.24. The second-order valence-corrected chi connectivity index (χ2v) is 7.56. The number of anilines is 2. The molecule has 1 aliphatic heterocycles. The Hall–Kier alpha value is -4.01. The van der Waals surface area contributed by atoms with Gasteiger partial charge in [0.05, 0.1) is 19.7 Å². The number of furan rings is 1. The summed E-state index contributed by atoms with van der Waals surface area (Å²) < 4.78 is 16.5. The Kier molecular flexibility index (Phi) is 4.93. The van der Waals surface area contributed by atoms with E-state index in [1.807, 2.05) is 29.2 Å². The monoisotopic (exact) mass is 433 g/mol. The normalized spacial score (nSPS) is 14.2. The molecule has 0 atom stereocenters. The van der Waals surface area contributed by atoms with Crippen molar-refractivity contribution in [2.45, 2.75) is 0 Å². The second-order valence-electron chi connectivity index (χ2n) is 7.56. The number of hydrogen-bond donors (Lipinski definition) is 1. The van der Waals surface area contributed by atoms with Crippen molar-refractivity contribution >= 4 is 39.5 Å². The van der Waals surface area contributed by atoms with Gasteiger partial charge in [0, 0.05) is 43.0 Å². The molecule has 164 valence electrons. The summed E-state index contributed by atoms with van der Waals surface area (Å²) in [4.78, 5) is 25.9. The molecule has 9 heteroatoms. The largest absolute Gasteiger partial charge is 0.493 e. The lowest BCUT2D eigenvalue weighted by Crippen LogP contribution is -2.49. The fourth-order valence-corrected chi connectivity index (χ4v) is 3.96. The zero-order valence-corrected chi connectivity index (χ0v) is 17.9. The number of aromatic nitrogens is 2. The van der Waals surface area contributed by atoms with E-state index >= 15 is 0 Å². The molecule has 1 saturated heterocycles. The van der Waals surface area contributed by atoms with Gasteiger partial charge in [0.1, 0.15) is 11.4 Å². The number of rotatable bonds is 4. The predicted molar refractivity (Wildman–Crippen MR) is 121 cm³/mol. The summed E-state index contributed by atoms with van der Waals surface area (Å²) in [5.41, 5.74) is 7.60. The molecule has 0 bridgehead atoms. The highest BCUT2D eigenvalue weighted by Gasteiger charge is 2.26. The molecule has 0 spiro atoms. The fourth-order valence-electron chi connectivity index (χ4n) is 3.96. The molecule has 32 heavy (non-hydrogen) atoms. The van der Waals surface area contributed by atoms with Gasteiger partial charge in [-0.15, -0.1) is 0 Å². The Balaban J connectivity index is 1.34. The molecule has 0 aliphatic carbocycles. The van der Waals surface area contributed by atoms with E-state index in [1.165, 1.54) is 0 Å². The molecule has 1 aliphatic rings. The van der Waals surface area contributed by atoms with Gasteiger partial charge in [0.15, 0.2) is 17.3 Å². The lowest BCUT2D eigenvalue weighted by molar-refractivity contribution is 0.0716. The number of ether oxygens (including phenoxy) is 2. The van der Waals surface area contributed by atoms with Gasteiger partial charge in [0.2, 0.25) is 5.95 Å². The third-order valence-corrected chi connectivity index (χ3v) is 5.70. The van der Waals surface area contributed by atoms with E-state index in [0.717, 1.165) is 5.39 Å². The van der Waals surface area contributed by atoms with Crippen LogP contribution in [0.5, 0.6) is 11.5 Å². The van der Waals surface area contributed by atoms with Crippen molar-refractivity contribution in [2.24, 2.45) is 0 Å². The topological polar surface area (TPSA) is 107 Å². The molecule has 0 saturated carbocycles. The summed E-state index contributed by atoms with van der Waals surface area (Å²) >= 11 is 0. The molecule has 4 aromatic rings. The maximum absolute atomic E-state index is 12.9. The molecular weight excluding hydrogens is 410 g/mol. The van der Waals surface area contributed by atoms with Crippen molar-refractivity contribution in [3.8, 4) is 11.5 Å². The number of fused-ring (bicyclic) bond motifs is 2. The zero-order chi connectivity index (χ0) is 22.2. The van der Waals surface area contributed by atoms with Crippen LogP contribution in [0.1, 0.15) is 10.6 Å². The predicted octanol–water partition coefficient (Wildman–Crippen LogP) is 2.94. The highest BCUT2D eigenvalue weighted by molar-refractivity contribution is 5.96. The summed E-state index contributed by atoms with van der Waals surface area (Å²) in [5.74, 6) is 2.28. The lowest BCUT2D eigenvalue weighted by Gasteiger charge is -2.34. The number of benzene rings is 2. The maximum Gasteiger partial charge on any atom is 0.289 e. The zero-order valence-electron chi connectivity index (χ0n) is 17.9. The van der Waals surface area contributed by atoms with Crippen LogP contribution in [0.25, 0.3) is 21.9 Å². The van der Waals surface area contributed by atoms with Gasteiger partial charge in [-0.2, -0.15) is 4.98 Å². The second kappa shape index (κ2) is 7.92. The Labute approximate surface area is 184 Å². The molecule has 2 aromatic carbocycles. The van der Waals surface area contributed by atoms with Crippen LogP contribution in [0.15, 0.2) is 46.9 Å². The number of nitrogens with zero attached hydrogens (tertiary/aromatic N) is 4. The first-order valence-corrected chi connectivity index (χ1v) is 10.3. The summed E-state index contributed by atoms with van der Waals surface area (Å²) in [6, 6.07) is 13.0. The van der Waals surface area contributed by atoms with Crippen LogP contribution in [0.3, 0.4) is 0 Å². The van der Waals surface area contributed by atoms with E-state index in [4.69, 9.17) is 19.6 Å². The van der Waals surface area contributed by atoms with E-state index in [-0.39, 0.29) is 5.91 Å². The summed E-state index contributed by atoms with van der Waals surface area (Å²) in [6.07, 6.45) is 0. The average Bonchev–Trinajstić information content (AvgIpc) is 3.27. The van der Waals surface area contributed by atoms with Crippen LogP contribution in [0.2, 0.25) is 0 Å². The summed E-state index contributed by atoms with van der Waals surface area (Å²) in [5, 5.41) is 1.62. The molecule has 2 aromatic heterocycles. The molecule has 0 unspecified atom stereocenters. The van der Waals surface area contributed by atoms with Crippen molar-refractivity contribution in [2.75, 3.05) is 51.0 Å². The Morgan fingerprint density at radius 3 is 2.44 bits per heavy atom. The molecule has 9 nitrogen and oxygen atoms in total. The standard InChI is InChI=1S/C23H23N5O4/c1-30-18-12-15-16(13-19(18)31-2)25-23(26-21(15)24)28-9-7-27(8-10-28)22(29)20-11-14-5-3-4-6-17(14)32-20/h3-6,11-13H,7-10H2,1-2H3,(H2,24,25,26). The van der Waals surface area contributed by atoms with Crippen LogP contribution in [0.4, 0.5) is 11.8 Å². The maximum atomic E-state index is 12.9. The van der Waals surface area contributed by atoms with Crippen LogP contribution < -0.4 is 20.1 Å². The van der Waals surface area contributed by atoms with E-state index in [0.29, 0.717) is 71.7 Å². The number of nitrogens with two attached hydrogens (primary N) is 1. The Morgan fingerprint density at radius 1 is 1.00 bits per heavy atom. The SMILES string of the molecule is COc1cc2nc(N3CCN(C(=O)c4cc5ccccc5o4)CC3)nc(N)c2cc1OC. The number of carbonyl (C=O) groups is 1. The van der Waals surface area contributed by atoms with E-state index in [2.05, 4.69) is 9.97 Å². The van der Waals surface area contributed by atoms with Crippen molar-refractivity contribution in [3.63, 3.8) is 0 Å². The van der Waals surface area contributed by atoms with Gasteiger partial charge in [-0.05, 0) is 18.2 Å². The minimum atomic E-state index is -0.114. The first kappa shape index (κ1) is 19.9. The third-order valence-electron chi connectivity index (χ3n) is 5.70. The van der Waals surface area contributed by atoms with Crippen LogP contribution in [-0.4, -0.2) is 61.2 Å². The van der Waals surface area contributed by atoms with E-state index in [9.17, 15) is 4.79 Å². The van der Waals surface area contributed by atoms with Crippen molar-refractivity contribution < 1.29 is 18.7 Å². The van der Waals surface area contributed by atoms with Crippen molar-refractivity contribution in [3.05, 3.63) is 48.2 Å². The lowest BCUT2D eigenvalue weighted by atomic mass is 10.2. The van der Waals surface area contributed by atoms with Crippen molar-refractivity contribution in [1.29, 1.82) is 0 Å². The number of carbonyl (C=O) groups excluding carboxylic acids is 1. The average molecular weight is 433 g/mol. The Morgan fingerprint density at radius 2 is 1.72 bits per heavy atom. The molecule has 1 fully saturated rings. The minimum Gasteiger partial charge on any atom is -0.493 e. The van der Waals surface area contributed by atoms with Gasteiger partial charge in [-0.25, -0.2) is 4.98 Å². The van der Waals surface area contributed by atoms with Gasteiger partial charge in [-0.1, -0.05) is 18.2 Å². The smallest absolute Gasteiger partial charge is 0.289 e. The number of methoxy groups -OCH3 is 2. The number of para-hydroxylation sites is 1. The molecule has 0 radical (unpaired) electrons. The molecular formula is C23H23N5O4. The first-order chi connectivity index (χ1) is 15.6. The highest BCUT2D eigenvalue weighted by Crippen LogP contribution is 2.34. The van der Waals surface area contributed by atoms with Crippen molar-refractivity contribution in [1.82, 2.24) is 14.9 Å². The van der Waals surface area contributed by atoms with Gasteiger partial charge < -0.3 is 29.4 Å². The Bertz CT molecular complexity index is 1280. The third kappa shape index (κ3) is 3.41. The van der Waals surface area contributed by atoms with Crippen LogP contribution >= 0.6 is 0 Å². The minimum absolute atomic E-state index is 0.114. The number of hydrogen-bond acceptors (Lipinski definition) is 8. The molecule has 5 rings (SSSR count). The number of amides is 1. The van der Waals surface area contributed by atoms with Crippen LogP contribution in [0, 0.1) is 0 Å². The molecule has 3 heterocycles. The van der Waals surface area contributed by atoms with E-state index in [1.54, 1.807) is 37.3 Å².